The SMILES string of the molecule is CN1CCCc2ccc(B(O)O)cc21. The van der Waals surface area contributed by atoms with Crippen LogP contribution in [0, 0.1) is 0 Å². The number of fused-ring (bicyclic) bond motifs is 1. The summed E-state index contributed by atoms with van der Waals surface area (Å²) in [6.45, 7) is 1.04. The average molecular weight is 191 g/mol. The number of hydrogen-bond acceptors (Lipinski definition) is 3. The molecule has 74 valence electrons. The molecule has 0 unspecified atom stereocenters. The van der Waals surface area contributed by atoms with Gasteiger partial charge in [-0.05, 0) is 29.9 Å². The largest absolute Gasteiger partial charge is 0.488 e. The Hall–Kier alpha value is -0.995. The summed E-state index contributed by atoms with van der Waals surface area (Å²) in [6, 6.07) is 5.63. The topological polar surface area (TPSA) is 43.7 Å². The highest BCUT2D eigenvalue weighted by atomic mass is 16.4. The summed E-state index contributed by atoms with van der Waals surface area (Å²) in [6.07, 6.45) is 2.26. The second-order valence-electron chi connectivity index (χ2n) is 3.79. The van der Waals surface area contributed by atoms with Gasteiger partial charge in [-0.15, -0.1) is 0 Å². The Kier molecular flexibility index (Phi) is 2.48. The first-order valence-electron chi connectivity index (χ1n) is 4.88. The van der Waals surface area contributed by atoms with Crippen molar-refractivity contribution in [3.05, 3.63) is 23.8 Å². The summed E-state index contributed by atoms with van der Waals surface area (Å²) in [7, 11) is 0.668. The fourth-order valence-corrected chi connectivity index (χ4v) is 1.94. The Balaban J connectivity index is 2.41. The number of aryl methyl sites for hydroxylation is 1. The molecular formula is C10H14BNO2. The first-order chi connectivity index (χ1) is 6.68. The van der Waals surface area contributed by atoms with E-state index in [4.69, 9.17) is 10.0 Å². The van der Waals surface area contributed by atoms with Crippen molar-refractivity contribution >= 4 is 18.3 Å². The minimum atomic E-state index is -1.37. The molecule has 0 saturated heterocycles. The second kappa shape index (κ2) is 3.63. The van der Waals surface area contributed by atoms with E-state index in [1.54, 1.807) is 6.07 Å². The molecular weight excluding hydrogens is 177 g/mol. The number of nitrogens with zero attached hydrogens (tertiary/aromatic N) is 1. The van der Waals surface area contributed by atoms with E-state index in [-0.39, 0.29) is 0 Å². The quantitative estimate of drug-likeness (QED) is 0.601. The monoisotopic (exact) mass is 191 g/mol. The summed E-state index contributed by atoms with van der Waals surface area (Å²) in [5.74, 6) is 0. The van der Waals surface area contributed by atoms with E-state index in [1.807, 2.05) is 19.2 Å². The molecule has 0 amide bonds. The third-order valence-electron chi connectivity index (χ3n) is 2.76. The van der Waals surface area contributed by atoms with Crippen molar-refractivity contribution in [1.29, 1.82) is 0 Å². The van der Waals surface area contributed by atoms with E-state index in [0.717, 1.165) is 18.7 Å². The molecule has 14 heavy (non-hydrogen) atoms. The molecule has 0 atom stereocenters. The van der Waals surface area contributed by atoms with Gasteiger partial charge in [0.1, 0.15) is 0 Å². The fourth-order valence-electron chi connectivity index (χ4n) is 1.94. The molecule has 1 heterocycles. The van der Waals surface area contributed by atoms with Crippen LogP contribution in [0.3, 0.4) is 0 Å². The molecule has 0 bridgehead atoms. The molecule has 3 nitrogen and oxygen atoms in total. The predicted octanol–water partition coefficient (Wildman–Crippen LogP) is -0.251. The van der Waals surface area contributed by atoms with Crippen molar-refractivity contribution in [2.75, 3.05) is 18.5 Å². The fraction of sp³-hybridized carbons (Fsp3) is 0.400. The van der Waals surface area contributed by atoms with Crippen LogP contribution < -0.4 is 10.4 Å². The summed E-state index contributed by atoms with van der Waals surface area (Å²) < 4.78 is 0. The lowest BCUT2D eigenvalue weighted by Crippen LogP contribution is -2.32. The van der Waals surface area contributed by atoms with Crippen LogP contribution in [-0.2, 0) is 6.42 Å². The van der Waals surface area contributed by atoms with Gasteiger partial charge in [-0.3, -0.25) is 0 Å². The highest BCUT2D eigenvalue weighted by Crippen LogP contribution is 2.24. The molecule has 2 rings (SSSR count). The van der Waals surface area contributed by atoms with E-state index in [9.17, 15) is 0 Å². The van der Waals surface area contributed by atoms with Gasteiger partial charge in [0, 0.05) is 19.3 Å². The smallest absolute Gasteiger partial charge is 0.423 e. The zero-order chi connectivity index (χ0) is 10.1. The van der Waals surface area contributed by atoms with Crippen molar-refractivity contribution in [3.63, 3.8) is 0 Å². The number of benzene rings is 1. The minimum absolute atomic E-state index is 0.567. The normalized spacial score (nSPS) is 15.2. The first kappa shape index (κ1) is 9.56. The molecule has 1 aliphatic heterocycles. The Morgan fingerprint density at radius 3 is 2.86 bits per heavy atom. The van der Waals surface area contributed by atoms with Crippen LogP contribution in [0.25, 0.3) is 0 Å². The summed E-state index contributed by atoms with van der Waals surface area (Å²) in [5, 5.41) is 18.1. The molecule has 1 aliphatic rings. The maximum absolute atomic E-state index is 9.05. The number of hydrogen-bond donors (Lipinski definition) is 2. The third-order valence-corrected chi connectivity index (χ3v) is 2.76. The molecule has 2 N–H and O–H groups in total. The predicted molar refractivity (Wildman–Crippen MR) is 57.9 cm³/mol. The standard InChI is InChI=1S/C10H14BNO2/c1-12-6-2-3-8-4-5-9(11(13)14)7-10(8)12/h4-5,7,13-14H,2-3,6H2,1H3. The second-order valence-corrected chi connectivity index (χ2v) is 3.79. The molecule has 0 radical (unpaired) electrons. The van der Waals surface area contributed by atoms with Crippen molar-refractivity contribution in [3.8, 4) is 0 Å². The van der Waals surface area contributed by atoms with E-state index >= 15 is 0 Å². The molecule has 1 aromatic carbocycles. The Morgan fingerprint density at radius 2 is 2.14 bits per heavy atom. The molecule has 0 aromatic heterocycles. The molecule has 0 aliphatic carbocycles. The van der Waals surface area contributed by atoms with Gasteiger partial charge < -0.3 is 14.9 Å². The van der Waals surface area contributed by atoms with Crippen molar-refractivity contribution in [2.24, 2.45) is 0 Å². The third kappa shape index (κ3) is 1.63. The van der Waals surface area contributed by atoms with Crippen molar-refractivity contribution in [2.45, 2.75) is 12.8 Å². The number of anilines is 1. The molecule has 0 spiro atoms. The van der Waals surface area contributed by atoms with E-state index in [2.05, 4.69) is 4.90 Å². The Bertz CT molecular complexity index is 341. The van der Waals surface area contributed by atoms with Crippen LogP contribution >= 0.6 is 0 Å². The molecule has 0 saturated carbocycles. The van der Waals surface area contributed by atoms with Crippen molar-refractivity contribution in [1.82, 2.24) is 0 Å². The highest BCUT2D eigenvalue weighted by molar-refractivity contribution is 6.58. The maximum Gasteiger partial charge on any atom is 0.488 e. The van der Waals surface area contributed by atoms with Gasteiger partial charge in [0.15, 0.2) is 0 Å². The highest BCUT2D eigenvalue weighted by Gasteiger charge is 2.17. The minimum Gasteiger partial charge on any atom is -0.423 e. The summed E-state index contributed by atoms with van der Waals surface area (Å²) in [5.41, 5.74) is 2.99. The summed E-state index contributed by atoms with van der Waals surface area (Å²) in [4.78, 5) is 2.16. The average Bonchev–Trinajstić information content (AvgIpc) is 2.18. The van der Waals surface area contributed by atoms with Gasteiger partial charge in [0.25, 0.3) is 0 Å². The van der Waals surface area contributed by atoms with Crippen LogP contribution in [0.1, 0.15) is 12.0 Å². The maximum atomic E-state index is 9.05. The van der Waals surface area contributed by atoms with Crippen LogP contribution in [0.4, 0.5) is 5.69 Å². The van der Waals surface area contributed by atoms with Crippen LogP contribution in [-0.4, -0.2) is 30.8 Å². The van der Waals surface area contributed by atoms with Crippen molar-refractivity contribution < 1.29 is 10.0 Å². The number of rotatable bonds is 1. The first-order valence-corrected chi connectivity index (χ1v) is 4.88. The van der Waals surface area contributed by atoms with E-state index in [0.29, 0.717) is 5.46 Å². The lowest BCUT2D eigenvalue weighted by Gasteiger charge is -2.27. The van der Waals surface area contributed by atoms with Crippen LogP contribution in [0.5, 0.6) is 0 Å². The zero-order valence-corrected chi connectivity index (χ0v) is 8.27. The van der Waals surface area contributed by atoms with Gasteiger partial charge >= 0.3 is 7.12 Å². The molecule has 1 aromatic rings. The van der Waals surface area contributed by atoms with Gasteiger partial charge in [0.05, 0.1) is 0 Å². The zero-order valence-electron chi connectivity index (χ0n) is 8.27. The van der Waals surface area contributed by atoms with E-state index in [1.165, 1.54) is 12.0 Å². The van der Waals surface area contributed by atoms with Gasteiger partial charge in [-0.25, -0.2) is 0 Å². The summed E-state index contributed by atoms with van der Waals surface area (Å²) >= 11 is 0. The van der Waals surface area contributed by atoms with Gasteiger partial charge in [-0.2, -0.15) is 0 Å². The Labute approximate surface area is 84.1 Å². The molecule has 0 fully saturated rings. The van der Waals surface area contributed by atoms with Crippen LogP contribution in [0.2, 0.25) is 0 Å². The van der Waals surface area contributed by atoms with Crippen LogP contribution in [0.15, 0.2) is 18.2 Å². The lowest BCUT2D eigenvalue weighted by molar-refractivity contribution is 0.426. The lowest BCUT2D eigenvalue weighted by atomic mass is 9.79. The van der Waals surface area contributed by atoms with E-state index < -0.39 is 7.12 Å². The van der Waals surface area contributed by atoms with Gasteiger partial charge in [-0.1, -0.05) is 12.1 Å². The van der Waals surface area contributed by atoms with Gasteiger partial charge in [0.2, 0.25) is 0 Å². The molecule has 4 heteroatoms. The Morgan fingerprint density at radius 1 is 1.36 bits per heavy atom.